The molecule has 0 aliphatic heterocycles. The molecule has 0 bridgehead atoms. The normalized spacial score (nSPS) is 11.6. The highest BCUT2D eigenvalue weighted by Crippen LogP contribution is 2.07. The average molecular weight is 214 g/mol. The summed E-state index contributed by atoms with van der Waals surface area (Å²) >= 11 is 0. The second kappa shape index (κ2) is 4.52. The van der Waals surface area contributed by atoms with Crippen LogP contribution in [0.15, 0.2) is 23.4 Å². The van der Waals surface area contributed by atoms with Gasteiger partial charge in [0.1, 0.15) is 0 Å². The van der Waals surface area contributed by atoms with Crippen molar-refractivity contribution in [1.29, 1.82) is 0 Å². The SMILES string of the molecule is CS(=O)(=O)c1ccc(CCCN)cn1. The van der Waals surface area contributed by atoms with Crippen molar-refractivity contribution in [2.45, 2.75) is 17.9 Å². The lowest BCUT2D eigenvalue weighted by Crippen LogP contribution is -2.03. The van der Waals surface area contributed by atoms with Crippen molar-refractivity contribution in [2.75, 3.05) is 12.8 Å². The molecule has 4 nitrogen and oxygen atoms in total. The lowest BCUT2D eigenvalue weighted by Gasteiger charge is -2.00. The molecule has 0 aliphatic carbocycles. The van der Waals surface area contributed by atoms with Crippen molar-refractivity contribution in [3.8, 4) is 0 Å². The summed E-state index contributed by atoms with van der Waals surface area (Å²) in [6.07, 6.45) is 4.47. The molecule has 14 heavy (non-hydrogen) atoms. The topological polar surface area (TPSA) is 73.0 Å². The molecular weight excluding hydrogens is 200 g/mol. The van der Waals surface area contributed by atoms with E-state index in [2.05, 4.69) is 4.98 Å². The van der Waals surface area contributed by atoms with E-state index in [0.717, 1.165) is 24.7 Å². The van der Waals surface area contributed by atoms with Gasteiger partial charge < -0.3 is 5.73 Å². The van der Waals surface area contributed by atoms with Gasteiger partial charge in [0, 0.05) is 12.5 Å². The van der Waals surface area contributed by atoms with Crippen molar-refractivity contribution in [2.24, 2.45) is 5.73 Å². The van der Waals surface area contributed by atoms with E-state index < -0.39 is 9.84 Å². The maximum Gasteiger partial charge on any atom is 0.192 e. The fraction of sp³-hybridized carbons (Fsp3) is 0.444. The average Bonchev–Trinajstić information content (AvgIpc) is 2.14. The molecule has 0 saturated heterocycles. The van der Waals surface area contributed by atoms with E-state index in [1.807, 2.05) is 0 Å². The minimum Gasteiger partial charge on any atom is -0.330 e. The summed E-state index contributed by atoms with van der Waals surface area (Å²) in [4.78, 5) is 3.87. The van der Waals surface area contributed by atoms with Gasteiger partial charge in [0.25, 0.3) is 0 Å². The van der Waals surface area contributed by atoms with Crippen molar-refractivity contribution in [3.05, 3.63) is 23.9 Å². The predicted octanol–water partition coefficient (Wildman–Crippen LogP) is 0.376. The molecule has 2 N–H and O–H groups in total. The minimum absolute atomic E-state index is 0.119. The maximum absolute atomic E-state index is 11.1. The third kappa shape index (κ3) is 3.08. The number of aryl methyl sites for hydroxylation is 1. The van der Waals surface area contributed by atoms with Crippen LogP contribution in [0.4, 0.5) is 0 Å². The first-order valence-corrected chi connectivity index (χ1v) is 6.28. The Balaban J connectivity index is 2.79. The quantitative estimate of drug-likeness (QED) is 0.786. The molecule has 0 atom stereocenters. The third-order valence-electron chi connectivity index (χ3n) is 1.85. The minimum atomic E-state index is -3.18. The number of nitrogens with two attached hydrogens (primary N) is 1. The lowest BCUT2D eigenvalue weighted by atomic mass is 10.2. The van der Waals surface area contributed by atoms with E-state index in [-0.39, 0.29) is 5.03 Å². The number of hydrogen-bond donors (Lipinski definition) is 1. The Kier molecular flexibility index (Phi) is 3.60. The summed E-state index contributed by atoms with van der Waals surface area (Å²) in [5.74, 6) is 0. The number of sulfone groups is 1. The predicted molar refractivity (Wildman–Crippen MR) is 54.7 cm³/mol. The zero-order chi connectivity index (χ0) is 10.6. The fourth-order valence-electron chi connectivity index (χ4n) is 1.08. The maximum atomic E-state index is 11.1. The largest absolute Gasteiger partial charge is 0.330 e. The summed E-state index contributed by atoms with van der Waals surface area (Å²) in [6.45, 7) is 0.633. The van der Waals surface area contributed by atoms with Crippen molar-refractivity contribution < 1.29 is 8.42 Å². The Hall–Kier alpha value is -0.940. The van der Waals surface area contributed by atoms with Crippen LogP contribution in [0.3, 0.4) is 0 Å². The fourth-order valence-corrected chi connectivity index (χ4v) is 1.64. The highest BCUT2D eigenvalue weighted by Gasteiger charge is 2.07. The van der Waals surface area contributed by atoms with Crippen LogP contribution in [0.5, 0.6) is 0 Å². The van der Waals surface area contributed by atoms with Gasteiger partial charge >= 0.3 is 0 Å². The van der Waals surface area contributed by atoms with Crippen LogP contribution in [0.1, 0.15) is 12.0 Å². The van der Waals surface area contributed by atoms with Gasteiger partial charge in [-0.15, -0.1) is 0 Å². The van der Waals surface area contributed by atoms with Crippen LogP contribution in [0, 0.1) is 0 Å². The Morgan fingerprint density at radius 1 is 1.43 bits per heavy atom. The van der Waals surface area contributed by atoms with Gasteiger partial charge in [-0.2, -0.15) is 0 Å². The second-order valence-corrected chi connectivity index (χ2v) is 5.13. The van der Waals surface area contributed by atoms with Crippen molar-refractivity contribution in [1.82, 2.24) is 4.98 Å². The molecule has 0 saturated carbocycles. The summed E-state index contributed by atoms with van der Waals surface area (Å²) in [5.41, 5.74) is 6.38. The highest BCUT2D eigenvalue weighted by atomic mass is 32.2. The molecule has 0 radical (unpaired) electrons. The highest BCUT2D eigenvalue weighted by molar-refractivity contribution is 7.90. The molecule has 0 fully saturated rings. The second-order valence-electron chi connectivity index (χ2n) is 3.17. The lowest BCUT2D eigenvalue weighted by molar-refractivity contribution is 0.598. The third-order valence-corrected chi connectivity index (χ3v) is 2.85. The van der Waals surface area contributed by atoms with Gasteiger partial charge in [-0.3, -0.25) is 0 Å². The molecule has 0 unspecified atom stereocenters. The molecule has 1 heterocycles. The zero-order valence-electron chi connectivity index (χ0n) is 8.10. The number of aromatic nitrogens is 1. The zero-order valence-corrected chi connectivity index (χ0v) is 8.92. The molecule has 0 spiro atoms. The van der Waals surface area contributed by atoms with Crippen LogP contribution in [0.2, 0.25) is 0 Å². The Morgan fingerprint density at radius 3 is 2.57 bits per heavy atom. The number of hydrogen-bond acceptors (Lipinski definition) is 4. The number of rotatable bonds is 4. The smallest absolute Gasteiger partial charge is 0.192 e. The molecule has 0 aliphatic rings. The number of pyridine rings is 1. The van der Waals surface area contributed by atoms with E-state index in [9.17, 15) is 8.42 Å². The summed E-state index contributed by atoms with van der Waals surface area (Å²) in [5, 5.41) is 0.119. The summed E-state index contributed by atoms with van der Waals surface area (Å²) in [7, 11) is -3.18. The van der Waals surface area contributed by atoms with Crippen molar-refractivity contribution in [3.63, 3.8) is 0 Å². The van der Waals surface area contributed by atoms with Gasteiger partial charge in [0.15, 0.2) is 14.9 Å². The van der Waals surface area contributed by atoms with Gasteiger partial charge in [-0.25, -0.2) is 13.4 Å². The Morgan fingerprint density at radius 2 is 2.14 bits per heavy atom. The summed E-state index contributed by atoms with van der Waals surface area (Å²) < 4.78 is 22.2. The Labute approximate surface area is 84.1 Å². The van der Waals surface area contributed by atoms with Crippen molar-refractivity contribution >= 4 is 9.84 Å². The van der Waals surface area contributed by atoms with Crippen LogP contribution < -0.4 is 5.73 Å². The van der Waals surface area contributed by atoms with Crippen LogP contribution >= 0.6 is 0 Å². The molecule has 78 valence electrons. The molecule has 5 heteroatoms. The molecule has 1 aromatic rings. The van der Waals surface area contributed by atoms with E-state index in [0.29, 0.717) is 6.54 Å². The van der Waals surface area contributed by atoms with Gasteiger partial charge in [-0.05, 0) is 31.0 Å². The van der Waals surface area contributed by atoms with Crippen LogP contribution in [-0.4, -0.2) is 26.2 Å². The van der Waals surface area contributed by atoms with Crippen LogP contribution in [-0.2, 0) is 16.3 Å². The molecular formula is C9H14N2O2S. The Bertz CT molecular complexity index is 384. The first-order valence-electron chi connectivity index (χ1n) is 4.39. The molecule has 0 amide bonds. The standard InChI is InChI=1S/C9H14N2O2S/c1-14(12,13)9-5-4-8(7-11-9)3-2-6-10/h4-5,7H,2-3,6,10H2,1H3. The van der Waals surface area contributed by atoms with E-state index in [1.165, 1.54) is 6.07 Å². The monoisotopic (exact) mass is 214 g/mol. The van der Waals surface area contributed by atoms with E-state index in [4.69, 9.17) is 5.73 Å². The molecule has 1 aromatic heterocycles. The molecule has 0 aromatic carbocycles. The van der Waals surface area contributed by atoms with E-state index in [1.54, 1.807) is 12.3 Å². The number of nitrogens with zero attached hydrogens (tertiary/aromatic N) is 1. The summed E-state index contributed by atoms with van der Waals surface area (Å²) in [6, 6.07) is 3.31. The van der Waals surface area contributed by atoms with Crippen LogP contribution in [0.25, 0.3) is 0 Å². The first kappa shape index (κ1) is 11.1. The molecule has 1 rings (SSSR count). The van der Waals surface area contributed by atoms with Gasteiger partial charge in [0.05, 0.1) is 0 Å². The van der Waals surface area contributed by atoms with E-state index >= 15 is 0 Å². The van der Waals surface area contributed by atoms with Gasteiger partial charge in [0.2, 0.25) is 0 Å². The van der Waals surface area contributed by atoms with Gasteiger partial charge in [-0.1, -0.05) is 6.07 Å². The first-order chi connectivity index (χ1) is 6.54.